The summed E-state index contributed by atoms with van der Waals surface area (Å²) in [5.74, 6) is 0.142. The predicted octanol–water partition coefficient (Wildman–Crippen LogP) is 1.93. The number of nitrogens with one attached hydrogen (secondary N) is 1. The molecule has 0 bridgehead atoms. The van der Waals surface area contributed by atoms with E-state index in [4.69, 9.17) is 11.0 Å². The molecule has 4 rings (SSSR count). The molecule has 3 aromatic heterocycles. The number of fused-ring (bicyclic) bond motifs is 1. The molecule has 4 aromatic rings. The van der Waals surface area contributed by atoms with Crippen molar-refractivity contribution in [2.75, 3.05) is 18.1 Å². The van der Waals surface area contributed by atoms with Gasteiger partial charge in [0, 0.05) is 30.7 Å². The Morgan fingerprint density at radius 2 is 2.07 bits per heavy atom. The average molecular weight is 388 g/mol. The first kappa shape index (κ1) is 17.8. The van der Waals surface area contributed by atoms with Crippen LogP contribution in [0.4, 0.5) is 11.6 Å². The van der Waals surface area contributed by atoms with Crippen LogP contribution >= 0.6 is 9.24 Å². The van der Waals surface area contributed by atoms with Gasteiger partial charge in [-0.05, 0) is 29.1 Å². The van der Waals surface area contributed by atoms with E-state index in [1.54, 1.807) is 23.1 Å². The fourth-order valence-corrected chi connectivity index (χ4v) is 3.36. The minimum absolute atomic E-state index is 0.142. The molecule has 0 spiro atoms. The van der Waals surface area contributed by atoms with Gasteiger partial charge in [-0.25, -0.2) is 9.67 Å². The van der Waals surface area contributed by atoms with Crippen LogP contribution in [0.1, 0.15) is 11.1 Å². The van der Waals surface area contributed by atoms with E-state index < -0.39 is 0 Å². The van der Waals surface area contributed by atoms with Crippen LogP contribution in [0.25, 0.3) is 22.3 Å². The van der Waals surface area contributed by atoms with Crippen LogP contribution in [0, 0.1) is 11.3 Å². The highest BCUT2D eigenvalue weighted by molar-refractivity contribution is 7.27. The van der Waals surface area contributed by atoms with Crippen molar-refractivity contribution >= 4 is 37.2 Å². The summed E-state index contributed by atoms with van der Waals surface area (Å²) >= 11 is 0. The molecule has 0 aliphatic carbocycles. The summed E-state index contributed by atoms with van der Waals surface area (Å²) in [6.07, 6.45) is 4.87. The molecule has 1 atom stereocenters. The lowest BCUT2D eigenvalue weighted by atomic mass is 10.1. The molecule has 28 heavy (non-hydrogen) atoms. The molecular weight excluding hydrogens is 371 g/mol. The highest BCUT2D eigenvalue weighted by atomic mass is 31.0. The number of nitriles is 1. The Hall–Kier alpha value is -3.56. The standard InChI is InChI=1S/C19H17N8P/c1-22-14-3-2-12(16(28)5-14)10-27-18-15(9-24-27)17(25-19(21)26-18)13-4-11(6-20)7-23-8-13/h2-5,7-9,22H,10,28H2,1H3,(H2,21,25,26). The summed E-state index contributed by atoms with van der Waals surface area (Å²) in [5, 5.41) is 18.6. The van der Waals surface area contributed by atoms with Gasteiger partial charge in [-0.1, -0.05) is 6.07 Å². The summed E-state index contributed by atoms with van der Waals surface area (Å²) in [5.41, 5.74) is 10.5. The maximum absolute atomic E-state index is 9.14. The second-order valence-corrected chi connectivity index (χ2v) is 6.83. The van der Waals surface area contributed by atoms with Crippen molar-refractivity contribution < 1.29 is 0 Å². The van der Waals surface area contributed by atoms with E-state index in [1.165, 1.54) is 6.20 Å². The average Bonchev–Trinajstić information content (AvgIpc) is 3.11. The number of nitrogens with two attached hydrogens (primary N) is 1. The normalized spacial score (nSPS) is 10.8. The quantitative estimate of drug-likeness (QED) is 0.513. The molecule has 0 amide bonds. The summed E-state index contributed by atoms with van der Waals surface area (Å²) in [7, 11) is 4.63. The number of hydrogen-bond acceptors (Lipinski definition) is 7. The van der Waals surface area contributed by atoms with Crippen LogP contribution < -0.4 is 16.4 Å². The lowest BCUT2D eigenvalue weighted by molar-refractivity contribution is 0.707. The van der Waals surface area contributed by atoms with Crippen molar-refractivity contribution in [1.82, 2.24) is 24.7 Å². The number of rotatable bonds is 4. The highest BCUT2D eigenvalue weighted by Gasteiger charge is 2.15. The zero-order valence-electron chi connectivity index (χ0n) is 15.1. The highest BCUT2D eigenvalue weighted by Crippen LogP contribution is 2.27. The maximum Gasteiger partial charge on any atom is 0.222 e. The van der Waals surface area contributed by atoms with Crippen LogP contribution in [0.5, 0.6) is 0 Å². The maximum atomic E-state index is 9.14. The number of pyridine rings is 1. The Morgan fingerprint density at radius 1 is 1.21 bits per heavy atom. The van der Waals surface area contributed by atoms with Gasteiger partial charge in [-0.3, -0.25) is 4.98 Å². The molecule has 0 radical (unpaired) electrons. The fraction of sp³-hybridized carbons (Fsp3) is 0.105. The first-order chi connectivity index (χ1) is 13.6. The van der Waals surface area contributed by atoms with E-state index >= 15 is 0 Å². The Kier molecular flexibility index (Phi) is 4.60. The zero-order chi connectivity index (χ0) is 19.7. The third kappa shape index (κ3) is 3.24. The Labute approximate surface area is 163 Å². The van der Waals surface area contributed by atoms with E-state index in [2.05, 4.69) is 46.7 Å². The smallest absolute Gasteiger partial charge is 0.222 e. The van der Waals surface area contributed by atoms with Crippen molar-refractivity contribution in [3.63, 3.8) is 0 Å². The third-order valence-corrected chi connectivity index (χ3v) is 4.95. The van der Waals surface area contributed by atoms with Gasteiger partial charge in [0.25, 0.3) is 0 Å². The number of anilines is 2. The first-order valence-electron chi connectivity index (χ1n) is 8.49. The molecule has 3 heterocycles. The van der Waals surface area contributed by atoms with E-state index in [1.807, 2.05) is 19.2 Å². The first-order valence-corrected chi connectivity index (χ1v) is 9.07. The van der Waals surface area contributed by atoms with Gasteiger partial charge in [-0.15, -0.1) is 9.24 Å². The molecule has 0 aliphatic rings. The molecule has 3 N–H and O–H groups in total. The van der Waals surface area contributed by atoms with E-state index in [9.17, 15) is 0 Å². The zero-order valence-corrected chi connectivity index (χ0v) is 16.2. The molecule has 0 aliphatic heterocycles. The van der Waals surface area contributed by atoms with Gasteiger partial charge in [0.1, 0.15) is 6.07 Å². The molecule has 8 nitrogen and oxygen atoms in total. The molecule has 1 unspecified atom stereocenters. The van der Waals surface area contributed by atoms with Gasteiger partial charge in [-0.2, -0.15) is 15.3 Å². The van der Waals surface area contributed by atoms with Crippen LogP contribution in [0.15, 0.2) is 42.9 Å². The molecule has 0 fully saturated rings. The third-order valence-electron chi connectivity index (χ3n) is 4.41. The largest absolute Gasteiger partial charge is 0.388 e. The Bertz CT molecular complexity index is 1220. The minimum atomic E-state index is 0.142. The second-order valence-electron chi connectivity index (χ2n) is 6.21. The lowest BCUT2D eigenvalue weighted by Crippen LogP contribution is -2.11. The molecule has 138 valence electrons. The van der Waals surface area contributed by atoms with Crippen molar-refractivity contribution in [3.05, 3.63) is 54.0 Å². The number of aromatic nitrogens is 5. The molecule has 1 aromatic carbocycles. The summed E-state index contributed by atoms with van der Waals surface area (Å²) in [6.45, 7) is 0.540. The van der Waals surface area contributed by atoms with Crippen LogP contribution in [-0.2, 0) is 6.54 Å². The topological polar surface area (TPSA) is 118 Å². The number of nitrogen functional groups attached to an aromatic ring is 1. The molecule has 0 saturated heterocycles. The van der Waals surface area contributed by atoms with Crippen LogP contribution in [0.3, 0.4) is 0 Å². The van der Waals surface area contributed by atoms with Crippen molar-refractivity contribution in [1.29, 1.82) is 5.26 Å². The van der Waals surface area contributed by atoms with Gasteiger partial charge < -0.3 is 11.1 Å². The number of nitrogens with zero attached hydrogens (tertiary/aromatic N) is 6. The Morgan fingerprint density at radius 3 is 2.82 bits per heavy atom. The van der Waals surface area contributed by atoms with Gasteiger partial charge in [0.15, 0.2) is 5.65 Å². The fourth-order valence-electron chi connectivity index (χ4n) is 2.99. The van der Waals surface area contributed by atoms with Gasteiger partial charge in [0.2, 0.25) is 5.95 Å². The molecule has 0 saturated carbocycles. The molecule has 9 heteroatoms. The SMILES string of the molecule is CNc1ccc(Cn2ncc3c(-c4cncc(C#N)c4)nc(N)nc32)c(P)c1. The van der Waals surface area contributed by atoms with Crippen molar-refractivity contribution in [2.24, 2.45) is 0 Å². The predicted molar refractivity (Wildman–Crippen MR) is 112 cm³/mol. The van der Waals surface area contributed by atoms with Crippen molar-refractivity contribution in [2.45, 2.75) is 6.54 Å². The number of benzene rings is 1. The number of hydrogen-bond donors (Lipinski definition) is 2. The Balaban J connectivity index is 1.80. The summed E-state index contributed by atoms with van der Waals surface area (Å²) < 4.78 is 1.79. The monoisotopic (exact) mass is 388 g/mol. The van der Waals surface area contributed by atoms with E-state index in [-0.39, 0.29) is 5.95 Å². The van der Waals surface area contributed by atoms with Gasteiger partial charge in [0.05, 0.1) is 29.4 Å². The van der Waals surface area contributed by atoms with Gasteiger partial charge >= 0.3 is 0 Å². The summed E-state index contributed by atoms with van der Waals surface area (Å²) in [6, 6.07) is 9.93. The minimum Gasteiger partial charge on any atom is -0.388 e. The van der Waals surface area contributed by atoms with Crippen LogP contribution in [0.2, 0.25) is 0 Å². The summed E-state index contributed by atoms with van der Waals surface area (Å²) in [4.78, 5) is 12.9. The lowest BCUT2D eigenvalue weighted by Gasteiger charge is -2.10. The second kappa shape index (κ2) is 7.22. The van der Waals surface area contributed by atoms with Crippen molar-refractivity contribution in [3.8, 4) is 17.3 Å². The van der Waals surface area contributed by atoms with E-state index in [0.717, 1.165) is 21.9 Å². The van der Waals surface area contributed by atoms with E-state index in [0.29, 0.717) is 29.0 Å². The van der Waals surface area contributed by atoms with Crippen LogP contribution in [-0.4, -0.2) is 31.8 Å². The molecular formula is C19H17N8P.